The van der Waals surface area contributed by atoms with E-state index in [0.717, 1.165) is 5.56 Å². The summed E-state index contributed by atoms with van der Waals surface area (Å²) in [6.45, 7) is 2.01. The van der Waals surface area contributed by atoms with Crippen LogP contribution in [-0.2, 0) is 6.42 Å². The lowest BCUT2D eigenvalue weighted by atomic mass is 10.0. The van der Waals surface area contributed by atoms with Crippen molar-refractivity contribution < 1.29 is 10.2 Å². The summed E-state index contributed by atoms with van der Waals surface area (Å²) in [6, 6.07) is 7.85. The van der Waals surface area contributed by atoms with E-state index in [1.54, 1.807) is 0 Å². The summed E-state index contributed by atoms with van der Waals surface area (Å²) >= 11 is 5.43. The normalized spacial score (nSPS) is 15.1. The fraction of sp³-hybridized carbons (Fsp3) is 0.455. The highest BCUT2D eigenvalue weighted by Gasteiger charge is 2.15. The molecule has 0 fully saturated rings. The molecular weight excluding hydrogens is 200 g/mol. The minimum atomic E-state index is -0.849. The monoisotopic (exact) mass is 214 g/mol. The number of hydrogen-bond donors (Lipinski definition) is 2. The minimum absolute atomic E-state index is 0.0625. The van der Waals surface area contributed by atoms with Gasteiger partial charge in [0.2, 0.25) is 0 Å². The molecule has 2 N–H and O–H groups in total. The van der Waals surface area contributed by atoms with Crippen molar-refractivity contribution in [3.8, 4) is 0 Å². The molecule has 0 aliphatic rings. The van der Waals surface area contributed by atoms with Crippen LogP contribution < -0.4 is 0 Å². The summed E-state index contributed by atoms with van der Waals surface area (Å²) in [5.41, 5.74) is 2.19. The van der Waals surface area contributed by atoms with Gasteiger partial charge in [0.05, 0.1) is 18.1 Å². The van der Waals surface area contributed by atoms with Crippen LogP contribution in [0.15, 0.2) is 24.3 Å². The number of aliphatic hydroxyl groups excluding tert-OH is 2. The van der Waals surface area contributed by atoms with Crippen LogP contribution in [0, 0.1) is 6.92 Å². The van der Waals surface area contributed by atoms with Gasteiger partial charge >= 0.3 is 0 Å². The number of alkyl halides is 1. The van der Waals surface area contributed by atoms with Crippen molar-refractivity contribution in [2.24, 2.45) is 0 Å². The largest absolute Gasteiger partial charge is 0.390 e. The zero-order chi connectivity index (χ0) is 10.6. The fourth-order valence-corrected chi connectivity index (χ4v) is 1.41. The molecule has 78 valence electrons. The maximum absolute atomic E-state index is 9.51. The van der Waals surface area contributed by atoms with Crippen LogP contribution in [0.25, 0.3) is 0 Å². The molecule has 0 bridgehead atoms. The lowest BCUT2D eigenvalue weighted by molar-refractivity contribution is 0.0341. The lowest BCUT2D eigenvalue weighted by Gasteiger charge is -2.15. The molecule has 0 amide bonds. The van der Waals surface area contributed by atoms with Gasteiger partial charge in [0, 0.05) is 6.42 Å². The minimum Gasteiger partial charge on any atom is -0.390 e. The molecule has 2 atom stereocenters. The second-order valence-corrected chi connectivity index (χ2v) is 3.79. The Kier molecular flexibility index (Phi) is 4.39. The average molecular weight is 215 g/mol. The van der Waals surface area contributed by atoms with Gasteiger partial charge in [0.25, 0.3) is 0 Å². The van der Waals surface area contributed by atoms with Crippen molar-refractivity contribution in [1.82, 2.24) is 0 Å². The summed E-state index contributed by atoms with van der Waals surface area (Å²) in [5, 5.41) is 18.8. The summed E-state index contributed by atoms with van der Waals surface area (Å²) in [6.07, 6.45) is -1.19. The molecule has 0 aromatic heterocycles. The predicted octanol–water partition coefficient (Wildman–Crippen LogP) is 1.50. The quantitative estimate of drug-likeness (QED) is 0.746. The topological polar surface area (TPSA) is 40.5 Å². The highest BCUT2D eigenvalue weighted by Crippen LogP contribution is 2.08. The van der Waals surface area contributed by atoms with Crippen molar-refractivity contribution in [3.63, 3.8) is 0 Å². The Morgan fingerprint density at radius 2 is 1.71 bits per heavy atom. The molecule has 2 nitrogen and oxygen atoms in total. The maximum atomic E-state index is 9.51. The molecule has 0 radical (unpaired) electrons. The maximum Gasteiger partial charge on any atom is 0.0937 e. The van der Waals surface area contributed by atoms with Gasteiger partial charge in [0.1, 0.15) is 0 Å². The number of benzene rings is 1. The standard InChI is InChI=1S/C11H15ClO2/c1-8-2-4-9(5-3-8)6-10(13)11(14)7-12/h2-5,10-11,13-14H,6-7H2,1H3/t10-,11?/m0/s1. The van der Waals surface area contributed by atoms with Crippen LogP contribution in [0.1, 0.15) is 11.1 Å². The van der Waals surface area contributed by atoms with Gasteiger partial charge in [-0.05, 0) is 12.5 Å². The number of halogens is 1. The molecule has 0 spiro atoms. The molecule has 1 rings (SSSR count). The second-order valence-electron chi connectivity index (χ2n) is 3.48. The first kappa shape index (κ1) is 11.5. The molecule has 0 heterocycles. The third-order valence-corrected chi connectivity index (χ3v) is 2.48. The Hall–Kier alpha value is -0.570. The smallest absolute Gasteiger partial charge is 0.0937 e. The third kappa shape index (κ3) is 3.29. The Bertz CT molecular complexity index is 271. The van der Waals surface area contributed by atoms with Crippen LogP contribution in [0.5, 0.6) is 0 Å². The third-order valence-electron chi connectivity index (χ3n) is 2.17. The van der Waals surface area contributed by atoms with Crippen molar-refractivity contribution >= 4 is 11.6 Å². The highest BCUT2D eigenvalue weighted by molar-refractivity contribution is 6.18. The summed E-state index contributed by atoms with van der Waals surface area (Å²) in [5.74, 6) is 0.0625. The highest BCUT2D eigenvalue weighted by atomic mass is 35.5. The van der Waals surface area contributed by atoms with E-state index in [1.165, 1.54) is 5.56 Å². The van der Waals surface area contributed by atoms with E-state index in [0.29, 0.717) is 6.42 Å². The first-order valence-corrected chi connectivity index (χ1v) is 5.14. The van der Waals surface area contributed by atoms with E-state index >= 15 is 0 Å². The zero-order valence-corrected chi connectivity index (χ0v) is 8.91. The first-order chi connectivity index (χ1) is 6.63. The van der Waals surface area contributed by atoms with Gasteiger partial charge in [-0.2, -0.15) is 0 Å². The molecule has 0 aliphatic carbocycles. The lowest BCUT2D eigenvalue weighted by Crippen LogP contribution is -2.29. The molecule has 1 aromatic carbocycles. The number of hydrogen-bond acceptors (Lipinski definition) is 2. The van der Waals surface area contributed by atoms with Gasteiger partial charge in [-0.1, -0.05) is 29.8 Å². The Balaban J connectivity index is 2.56. The Morgan fingerprint density at radius 3 is 2.21 bits per heavy atom. The van der Waals surface area contributed by atoms with Gasteiger partial charge in [0.15, 0.2) is 0 Å². The first-order valence-electron chi connectivity index (χ1n) is 4.61. The number of aryl methyl sites for hydroxylation is 1. The van der Waals surface area contributed by atoms with Crippen LogP contribution in [0.3, 0.4) is 0 Å². The Morgan fingerprint density at radius 1 is 1.14 bits per heavy atom. The molecule has 1 aromatic rings. The summed E-state index contributed by atoms with van der Waals surface area (Å²) in [7, 11) is 0. The van der Waals surface area contributed by atoms with Crippen LogP contribution in [-0.4, -0.2) is 28.3 Å². The fourth-order valence-electron chi connectivity index (χ4n) is 1.20. The van der Waals surface area contributed by atoms with E-state index in [1.807, 2.05) is 31.2 Å². The summed E-state index contributed by atoms with van der Waals surface area (Å²) < 4.78 is 0. The van der Waals surface area contributed by atoms with Gasteiger partial charge in [-0.15, -0.1) is 11.6 Å². The van der Waals surface area contributed by atoms with Crippen LogP contribution in [0.4, 0.5) is 0 Å². The molecule has 0 aliphatic heterocycles. The zero-order valence-electron chi connectivity index (χ0n) is 8.15. The summed E-state index contributed by atoms with van der Waals surface area (Å²) in [4.78, 5) is 0. The average Bonchev–Trinajstić information content (AvgIpc) is 2.20. The number of rotatable bonds is 4. The number of aliphatic hydroxyl groups is 2. The van der Waals surface area contributed by atoms with E-state index < -0.39 is 12.2 Å². The van der Waals surface area contributed by atoms with E-state index in [2.05, 4.69) is 0 Å². The molecule has 1 unspecified atom stereocenters. The van der Waals surface area contributed by atoms with Gasteiger partial charge in [-0.25, -0.2) is 0 Å². The van der Waals surface area contributed by atoms with Gasteiger partial charge < -0.3 is 10.2 Å². The van der Waals surface area contributed by atoms with E-state index in [4.69, 9.17) is 11.6 Å². The molecular formula is C11H15ClO2. The van der Waals surface area contributed by atoms with E-state index in [9.17, 15) is 10.2 Å². The second kappa shape index (κ2) is 5.35. The van der Waals surface area contributed by atoms with E-state index in [-0.39, 0.29) is 5.88 Å². The van der Waals surface area contributed by atoms with Crippen molar-refractivity contribution in [2.75, 3.05) is 5.88 Å². The SMILES string of the molecule is Cc1ccc(C[C@H](O)C(O)CCl)cc1. The van der Waals surface area contributed by atoms with Crippen molar-refractivity contribution in [3.05, 3.63) is 35.4 Å². The Labute approximate surface area is 89.1 Å². The van der Waals surface area contributed by atoms with Crippen LogP contribution in [0.2, 0.25) is 0 Å². The molecule has 14 heavy (non-hydrogen) atoms. The van der Waals surface area contributed by atoms with Crippen molar-refractivity contribution in [1.29, 1.82) is 0 Å². The molecule has 0 saturated heterocycles. The predicted molar refractivity (Wildman–Crippen MR) is 57.6 cm³/mol. The van der Waals surface area contributed by atoms with Gasteiger partial charge in [-0.3, -0.25) is 0 Å². The molecule has 0 saturated carbocycles. The van der Waals surface area contributed by atoms with Crippen molar-refractivity contribution in [2.45, 2.75) is 25.6 Å². The molecule has 3 heteroatoms. The van der Waals surface area contributed by atoms with Crippen LogP contribution >= 0.6 is 11.6 Å².